The van der Waals surface area contributed by atoms with Gasteiger partial charge in [0, 0.05) is 42.1 Å². The van der Waals surface area contributed by atoms with Crippen molar-refractivity contribution in [2.45, 2.75) is 39.0 Å². The Morgan fingerprint density at radius 2 is 1.94 bits per heavy atom. The van der Waals surface area contributed by atoms with E-state index in [4.69, 9.17) is 9.51 Å². The van der Waals surface area contributed by atoms with Crippen molar-refractivity contribution in [1.29, 1.82) is 0 Å². The lowest BCUT2D eigenvalue weighted by atomic mass is 9.93. The van der Waals surface area contributed by atoms with Crippen LogP contribution >= 0.6 is 11.3 Å². The summed E-state index contributed by atoms with van der Waals surface area (Å²) in [6, 6.07) is 11.7. The van der Waals surface area contributed by atoms with Crippen molar-refractivity contribution in [3.63, 3.8) is 0 Å². The van der Waals surface area contributed by atoms with Gasteiger partial charge in [-0.15, -0.1) is 0 Å². The summed E-state index contributed by atoms with van der Waals surface area (Å²) in [4.78, 5) is 28.1. The molecule has 0 fully saturated rings. The highest BCUT2D eigenvalue weighted by atomic mass is 32.1. The number of fused-ring (bicyclic) bond motifs is 3. The number of rotatable bonds is 6. The predicted molar refractivity (Wildman–Crippen MR) is 136 cm³/mol. The van der Waals surface area contributed by atoms with Gasteiger partial charge in [-0.25, -0.2) is 14.6 Å². The average molecular weight is 498 g/mol. The molecule has 6 aromatic rings. The summed E-state index contributed by atoms with van der Waals surface area (Å²) in [6.07, 6.45) is 7.89. The SMILES string of the molecule is CC(C)(C)c1cc(CC(=O)Cc2ccc(-c3cn4c(n3)sc3nc(-n5cccn5)ncc34)cc2)no1. The number of nitrogens with zero attached hydrogens (tertiary/aromatic N) is 7. The van der Waals surface area contributed by atoms with Crippen LogP contribution in [0.15, 0.2) is 65.7 Å². The summed E-state index contributed by atoms with van der Waals surface area (Å²) in [5.74, 6) is 1.41. The van der Waals surface area contributed by atoms with Crippen molar-refractivity contribution in [2.24, 2.45) is 0 Å². The Bertz CT molecular complexity index is 1690. The van der Waals surface area contributed by atoms with Crippen LogP contribution in [0.3, 0.4) is 0 Å². The molecule has 5 heterocycles. The smallest absolute Gasteiger partial charge is 0.251 e. The van der Waals surface area contributed by atoms with Gasteiger partial charge in [0.15, 0.2) is 4.96 Å². The van der Waals surface area contributed by atoms with Crippen LogP contribution in [0.1, 0.15) is 37.8 Å². The second-order valence-electron chi connectivity index (χ2n) is 9.71. The Morgan fingerprint density at radius 1 is 1.11 bits per heavy atom. The van der Waals surface area contributed by atoms with Crippen LogP contribution in [0.2, 0.25) is 0 Å². The number of aromatic nitrogens is 7. The molecule has 5 aromatic heterocycles. The maximum atomic E-state index is 12.6. The summed E-state index contributed by atoms with van der Waals surface area (Å²) in [7, 11) is 0. The van der Waals surface area contributed by atoms with E-state index in [1.165, 1.54) is 11.3 Å². The van der Waals surface area contributed by atoms with Crippen molar-refractivity contribution in [1.82, 2.24) is 34.3 Å². The molecular formula is C26H23N7O2S. The summed E-state index contributed by atoms with van der Waals surface area (Å²) >= 11 is 1.51. The Kier molecular flexibility index (Phi) is 5.26. The molecule has 0 spiro atoms. The molecule has 0 saturated carbocycles. The normalized spacial score (nSPS) is 12.1. The van der Waals surface area contributed by atoms with Gasteiger partial charge in [-0.1, -0.05) is 61.5 Å². The van der Waals surface area contributed by atoms with Crippen LogP contribution in [0.5, 0.6) is 0 Å². The van der Waals surface area contributed by atoms with Crippen molar-refractivity contribution >= 4 is 32.4 Å². The fourth-order valence-electron chi connectivity index (χ4n) is 3.96. The third-order valence-corrected chi connectivity index (χ3v) is 6.85. The standard InChI is InChI=1S/C26H23N7O2S/c1-26(2,3)22-13-18(31-35-22)12-19(34)11-16-5-7-17(8-6-16)20-15-32-21-14-27-24(33-10-4-9-28-33)30-23(21)36-25(32)29-20/h4-10,13-15H,11-12H2,1-3H3. The third kappa shape index (κ3) is 4.20. The van der Waals surface area contributed by atoms with Crippen molar-refractivity contribution in [3.8, 4) is 17.2 Å². The molecule has 0 amide bonds. The summed E-state index contributed by atoms with van der Waals surface area (Å²) in [6.45, 7) is 6.16. The van der Waals surface area contributed by atoms with Crippen LogP contribution in [-0.2, 0) is 23.1 Å². The van der Waals surface area contributed by atoms with E-state index in [1.807, 2.05) is 53.2 Å². The van der Waals surface area contributed by atoms with Crippen LogP contribution in [0.25, 0.3) is 32.5 Å². The zero-order valence-electron chi connectivity index (χ0n) is 20.0. The molecule has 0 aliphatic heterocycles. The van der Waals surface area contributed by atoms with E-state index in [-0.39, 0.29) is 17.6 Å². The predicted octanol–water partition coefficient (Wildman–Crippen LogP) is 4.83. The largest absolute Gasteiger partial charge is 0.361 e. The number of carbonyl (C=O) groups is 1. The van der Waals surface area contributed by atoms with E-state index in [0.29, 0.717) is 18.1 Å². The molecule has 0 atom stereocenters. The molecule has 0 N–H and O–H groups in total. The van der Waals surface area contributed by atoms with Gasteiger partial charge in [0.05, 0.1) is 24.0 Å². The summed E-state index contributed by atoms with van der Waals surface area (Å²) in [5.41, 5.74) is 4.23. The number of imidazole rings is 1. The molecule has 1 aromatic carbocycles. The zero-order valence-corrected chi connectivity index (χ0v) is 20.9. The number of benzene rings is 1. The molecule has 6 rings (SSSR count). The Morgan fingerprint density at radius 3 is 2.67 bits per heavy atom. The first-order valence-corrected chi connectivity index (χ1v) is 12.4. The van der Waals surface area contributed by atoms with Crippen molar-refractivity contribution in [3.05, 3.63) is 78.2 Å². The minimum Gasteiger partial charge on any atom is -0.361 e. The number of thiazole rings is 1. The number of Topliss-reactive ketones (excluding diaryl/α,β-unsaturated/α-hetero) is 1. The number of ketones is 1. The Labute approximate surface area is 210 Å². The second kappa shape index (κ2) is 8.49. The summed E-state index contributed by atoms with van der Waals surface area (Å²) < 4.78 is 9.03. The molecule has 0 aliphatic carbocycles. The first-order chi connectivity index (χ1) is 17.3. The van der Waals surface area contributed by atoms with Crippen molar-refractivity contribution < 1.29 is 9.32 Å². The van der Waals surface area contributed by atoms with Gasteiger partial charge in [-0.3, -0.25) is 9.20 Å². The molecule has 0 saturated heterocycles. The topological polar surface area (TPSA) is 104 Å². The van der Waals surface area contributed by atoms with E-state index in [0.717, 1.165) is 37.9 Å². The Hall–Kier alpha value is -4.18. The maximum Gasteiger partial charge on any atom is 0.251 e. The molecule has 0 radical (unpaired) electrons. The fourth-order valence-corrected chi connectivity index (χ4v) is 4.91. The molecule has 36 heavy (non-hydrogen) atoms. The van der Waals surface area contributed by atoms with Gasteiger partial charge < -0.3 is 4.52 Å². The molecular weight excluding hydrogens is 474 g/mol. The van der Waals surface area contributed by atoms with Gasteiger partial charge in [-0.05, 0) is 11.6 Å². The highest BCUT2D eigenvalue weighted by Gasteiger charge is 2.20. The quantitative estimate of drug-likeness (QED) is 0.325. The van der Waals surface area contributed by atoms with Crippen LogP contribution in [0.4, 0.5) is 0 Å². The van der Waals surface area contributed by atoms with Gasteiger partial charge in [0.2, 0.25) is 0 Å². The van der Waals surface area contributed by atoms with Gasteiger partial charge in [0.1, 0.15) is 21.9 Å². The fraction of sp³-hybridized carbons (Fsp3) is 0.231. The Balaban J connectivity index is 1.17. The van der Waals surface area contributed by atoms with E-state index < -0.39 is 0 Å². The monoisotopic (exact) mass is 497 g/mol. The molecule has 10 heteroatoms. The van der Waals surface area contributed by atoms with Crippen LogP contribution in [-0.4, -0.2) is 40.1 Å². The third-order valence-electron chi connectivity index (χ3n) is 5.88. The summed E-state index contributed by atoms with van der Waals surface area (Å²) in [5, 5.41) is 8.24. The first-order valence-electron chi connectivity index (χ1n) is 11.6. The molecule has 0 aliphatic rings. The van der Waals surface area contributed by atoms with Crippen molar-refractivity contribution in [2.75, 3.05) is 0 Å². The highest BCUT2D eigenvalue weighted by Crippen LogP contribution is 2.29. The first kappa shape index (κ1) is 22.3. The number of hydrogen-bond acceptors (Lipinski definition) is 8. The van der Waals surface area contributed by atoms with Gasteiger partial charge in [-0.2, -0.15) is 10.1 Å². The molecule has 0 unspecified atom stereocenters. The van der Waals surface area contributed by atoms with Gasteiger partial charge >= 0.3 is 0 Å². The van der Waals surface area contributed by atoms with Crippen LogP contribution < -0.4 is 0 Å². The van der Waals surface area contributed by atoms with Gasteiger partial charge in [0.25, 0.3) is 5.95 Å². The second-order valence-corrected chi connectivity index (χ2v) is 10.7. The number of carbonyl (C=O) groups excluding carboxylic acids is 1. The van der Waals surface area contributed by atoms with E-state index in [2.05, 4.69) is 41.0 Å². The molecule has 180 valence electrons. The molecule has 0 bridgehead atoms. The minimum atomic E-state index is -0.131. The lowest BCUT2D eigenvalue weighted by molar-refractivity contribution is -0.117. The van der Waals surface area contributed by atoms with E-state index in [1.54, 1.807) is 17.1 Å². The highest BCUT2D eigenvalue weighted by molar-refractivity contribution is 7.23. The lowest BCUT2D eigenvalue weighted by Crippen LogP contribution is -2.09. The maximum absolute atomic E-state index is 12.6. The van der Waals surface area contributed by atoms with Crippen LogP contribution in [0, 0.1) is 0 Å². The average Bonchev–Trinajstić information content (AvgIpc) is 3.62. The number of hydrogen-bond donors (Lipinski definition) is 0. The lowest BCUT2D eigenvalue weighted by Gasteiger charge is -2.12. The van der Waals surface area contributed by atoms with E-state index in [9.17, 15) is 4.79 Å². The minimum absolute atomic E-state index is 0.0972. The molecule has 9 nitrogen and oxygen atoms in total. The zero-order chi connectivity index (χ0) is 24.9. The van der Waals surface area contributed by atoms with E-state index >= 15 is 0 Å².